The first-order valence-corrected chi connectivity index (χ1v) is 7.82. The van der Waals surface area contributed by atoms with E-state index < -0.39 is 16.7 Å². The van der Waals surface area contributed by atoms with Crippen LogP contribution in [0.1, 0.15) is 20.7 Å². The summed E-state index contributed by atoms with van der Waals surface area (Å²) >= 11 is 0. The van der Waals surface area contributed by atoms with E-state index in [-0.39, 0.29) is 16.8 Å². The molecule has 1 aliphatic heterocycles. The number of amides is 2. The second kappa shape index (κ2) is 7.60. The van der Waals surface area contributed by atoms with Crippen LogP contribution in [0, 0.1) is 10.1 Å². The van der Waals surface area contributed by atoms with Crippen LogP contribution in [0.2, 0.25) is 0 Å². The SMILES string of the molecule is COc1cc(C(=O)NNC(=O)c2cccc([N+](=O)[O-])c2)cc2c1OCCO2. The molecule has 0 aromatic heterocycles. The summed E-state index contributed by atoms with van der Waals surface area (Å²) in [6.07, 6.45) is 0. The molecule has 0 radical (unpaired) electrons. The standard InChI is InChI=1S/C17H15N3O7/c1-25-13-8-11(9-14-15(13)27-6-5-26-14)17(22)19-18-16(21)10-3-2-4-12(7-10)20(23)24/h2-4,7-9H,5-6H2,1H3,(H,18,21)(H,19,22). The first-order valence-electron chi connectivity index (χ1n) is 7.82. The van der Waals surface area contributed by atoms with Crippen molar-refractivity contribution in [2.75, 3.05) is 20.3 Å². The number of hydrogen-bond acceptors (Lipinski definition) is 7. The first-order chi connectivity index (χ1) is 13.0. The van der Waals surface area contributed by atoms with Crippen molar-refractivity contribution in [3.8, 4) is 17.2 Å². The van der Waals surface area contributed by atoms with Crippen LogP contribution in [0.3, 0.4) is 0 Å². The second-order valence-electron chi connectivity index (χ2n) is 5.42. The van der Waals surface area contributed by atoms with E-state index in [4.69, 9.17) is 14.2 Å². The highest BCUT2D eigenvalue weighted by Gasteiger charge is 2.21. The number of methoxy groups -OCH3 is 1. The quantitative estimate of drug-likeness (QED) is 0.613. The van der Waals surface area contributed by atoms with Crippen molar-refractivity contribution in [1.29, 1.82) is 0 Å². The van der Waals surface area contributed by atoms with Crippen molar-refractivity contribution in [3.05, 3.63) is 57.6 Å². The molecule has 2 N–H and O–H groups in total. The molecule has 10 heteroatoms. The molecule has 2 aromatic carbocycles. The summed E-state index contributed by atoms with van der Waals surface area (Å²) < 4.78 is 16.1. The van der Waals surface area contributed by atoms with E-state index in [9.17, 15) is 19.7 Å². The molecule has 10 nitrogen and oxygen atoms in total. The molecular weight excluding hydrogens is 358 g/mol. The maximum atomic E-state index is 12.3. The van der Waals surface area contributed by atoms with Gasteiger partial charge < -0.3 is 14.2 Å². The van der Waals surface area contributed by atoms with Gasteiger partial charge in [-0.3, -0.25) is 30.6 Å². The van der Waals surface area contributed by atoms with Gasteiger partial charge in [0.2, 0.25) is 5.75 Å². The summed E-state index contributed by atoms with van der Waals surface area (Å²) in [4.78, 5) is 34.6. The van der Waals surface area contributed by atoms with Crippen molar-refractivity contribution >= 4 is 17.5 Å². The number of carbonyl (C=O) groups excluding carboxylic acids is 2. The smallest absolute Gasteiger partial charge is 0.270 e. The molecule has 2 aromatic rings. The number of benzene rings is 2. The van der Waals surface area contributed by atoms with Gasteiger partial charge in [0.1, 0.15) is 13.2 Å². The number of carbonyl (C=O) groups is 2. The highest BCUT2D eigenvalue weighted by molar-refractivity contribution is 6.00. The Balaban J connectivity index is 1.71. The number of ether oxygens (including phenoxy) is 3. The molecule has 3 rings (SSSR count). The minimum atomic E-state index is -0.698. The van der Waals surface area contributed by atoms with Crippen molar-refractivity contribution in [3.63, 3.8) is 0 Å². The third kappa shape index (κ3) is 3.89. The van der Waals surface area contributed by atoms with Gasteiger partial charge in [-0.05, 0) is 18.2 Å². The Morgan fingerprint density at radius 1 is 1.07 bits per heavy atom. The molecule has 0 aliphatic carbocycles. The van der Waals surface area contributed by atoms with Gasteiger partial charge in [-0.15, -0.1) is 0 Å². The molecule has 2 amide bonds. The fourth-order valence-corrected chi connectivity index (χ4v) is 2.42. The lowest BCUT2D eigenvalue weighted by Gasteiger charge is -2.21. The molecule has 0 saturated heterocycles. The van der Waals surface area contributed by atoms with Crippen LogP contribution >= 0.6 is 0 Å². The fourth-order valence-electron chi connectivity index (χ4n) is 2.42. The highest BCUT2D eigenvalue weighted by atomic mass is 16.6. The monoisotopic (exact) mass is 373 g/mol. The summed E-state index contributed by atoms with van der Waals surface area (Å²) in [7, 11) is 1.43. The molecule has 0 bridgehead atoms. The third-order valence-corrected chi connectivity index (χ3v) is 3.70. The second-order valence-corrected chi connectivity index (χ2v) is 5.42. The number of nitro groups is 1. The zero-order chi connectivity index (χ0) is 19.4. The number of nitrogens with one attached hydrogen (secondary N) is 2. The Morgan fingerprint density at radius 2 is 1.78 bits per heavy atom. The third-order valence-electron chi connectivity index (χ3n) is 3.70. The Morgan fingerprint density at radius 3 is 2.48 bits per heavy atom. The molecule has 27 heavy (non-hydrogen) atoms. The lowest BCUT2D eigenvalue weighted by Crippen LogP contribution is -2.41. The van der Waals surface area contributed by atoms with Crippen LogP contribution in [-0.4, -0.2) is 37.1 Å². The number of rotatable bonds is 4. The lowest BCUT2D eigenvalue weighted by atomic mass is 10.1. The average Bonchev–Trinajstić information content (AvgIpc) is 2.70. The van der Waals surface area contributed by atoms with E-state index in [2.05, 4.69) is 10.9 Å². The number of nitrogens with zero attached hydrogens (tertiary/aromatic N) is 1. The summed E-state index contributed by atoms with van der Waals surface area (Å²) in [6.45, 7) is 0.707. The molecule has 1 heterocycles. The van der Waals surface area contributed by atoms with Crippen molar-refractivity contribution in [1.82, 2.24) is 10.9 Å². The predicted molar refractivity (Wildman–Crippen MR) is 92.0 cm³/mol. The van der Waals surface area contributed by atoms with Gasteiger partial charge in [-0.2, -0.15) is 0 Å². The van der Waals surface area contributed by atoms with Crippen LogP contribution in [-0.2, 0) is 0 Å². The Bertz CT molecular complexity index is 896. The number of non-ortho nitro benzene ring substituents is 1. The topological polar surface area (TPSA) is 129 Å². The van der Waals surface area contributed by atoms with Crippen LogP contribution < -0.4 is 25.1 Å². The van der Waals surface area contributed by atoms with Crippen molar-refractivity contribution in [2.24, 2.45) is 0 Å². The highest BCUT2D eigenvalue weighted by Crippen LogP contribution is 2.40. The summed E-state index contributed by atoms with van der Waals surface area (Å²) in [6, 6.07) is 8.04. The molecule has 1 aliphatic rings. The molecule has 0 saturated carbocycles. The van der Waals surface area contributed by atoms with E-state index in [1.165, 1.54) is 37.4 Å². The Labute approximate surface area is 153 Å². The van der Waals surface area contributed by atoms with E-state index in [1.807, 2.05) is 0 Å². The van der Waals surface area contributed by atoms with E-state index in [1.54, 1.807) is 0 Å². The van der Waals surface area contributed by atoms with Gasteiger partial charge in [0.25, 0.3) is 17.5 Å². The number of fused-ring (bicyclic) bond motifs is 1. The van der Waals surface area contributed by atoms with Crippen molar-refractivity contribution in [2.45, 2.75) is 0 Å². The summed E-state index contributed by atoms with van der Waals surface area (Å²) in [5, 5.41) is 10.8. The van der Waals surface area contributed by atoms with Crippen LogP contribution in [0.4, 0.5) is 5.69 Å². The first kappa shape index (κ1) is 18.0. The molecule has 0 fully saturated rings. The normalized spacial score (nSPS) is 12.0. The van der Waals surface area contributed by atoms with E-state index in [0.29, 0.717) is 30.5 Å². The van der Waals surface area contributed by atoms with Crippen LogP contribution in [0.15, 0.2) is 36.4 Å². The largest absolute Gasteiger partial charge is 0.493 e. The average molecular weight is 373 g/mol. The van der Waals surface area contributed by atoms with E-state index >= 15 is 0 Å². The molecule has 140 valence electrons. The summed E-state index contributed by atoms with van der Waals surface area (Å²) in [5.41, 5.74) is 4.43. The molecule has 0 atom stereocenters. The van der Waals surface area contributed by atoms with Gasteiger partial charge in [0.15, 0.2) is 11.5 Å². The number of nitro benzene ring substituents is 1. The maximum Gasteiger partial charge on any atom is 0.270 e. The van der Waals surface area contributed by atoms with Gasteiger partial charge in [0.05, 0.1) is 12.0 Å². The zero-order valence-electron chi connectivity index (χ0n) is 14.2. The zero-order valence-corrected chi connectivity index (χ0v) is 14.2. The lowest BCUT2D eigenvalue weighted by molar-refractivity contribution is -0.384. The minimum absolute atomic E-state index is 0.0317. The minimum Gasteiger partial charge on any atom is -0.493 e. The fraction of sp³-hybridized carbons (Fsp3) is 0.176. The molecule has 0 spiro atoms. The van der Waals surface area contributed by atoms with Gasteiger partial charge in [0, 0.05) is 23.3 Å². The van der Waals surface area contributed by atoms with Gasteiger partial charge in [-0.1, -0.05) is 6.07 Å². The maximum absolute atomic E-state index is 12.3. The van der Waals surface area contributed by atoms with Gasteiger partial charge in [-0.25, -0.2) is 0 Å². The number of hydrazine groups is 1. The van der Waals surface area contributed by atoms with E-state index in [0.717, 1.165) is 6.07 Å². The molecule has 0 unspecified atom stereocenters. The van der Waals surface area contributed by atoms with Gasteiger partial charge >= 0.3 is 0 Å². The predicted octanol–water partition coefficient (Wildman–Crippen LogP) is 1.45. The molecular formula is C17H15N3O7. The Hall–Kier alpha value is -3.82. The van der Waals surface area contributed by atoms with Crippen LogP contribution in [0.5, 0.6) is 17.2 Å². The summed E-state index contributed by atoms with van der Waals surface area (Å²) in [5.74, 6) is -0.236. The van der Waals surface area contributed by atoms with Crippen molar-refractivity contribution < 1.29 is 28.7 Å². The van der Waals surface area contributed by atoms with Crippen LogP contribution in [0.25, 0.3) is 0 Å². The Kier molecular flexibility index (Phi) is 5.06. The number of hydrogen-bond donors (Lipinski definition) is 2.